The third kappa shape index (κ3) is 1.49. The largest absolute Gasteiger partial charge is 0.274 e. The zero-order chi connectivity index (χ0) is 12.9. The lowest BCUT2D eigenvalue weighted by Crippen LogP contribution is -2.22. The minimum absolute atomic E-state index is 0.00528. The summed E-state index contributed by atoms with van der Waals surface area (Å²) in [5.74, 6) is 0. The van der Waals surface area contributed by atoms with Crippen molar-refractivity contribution in [1.29, 1.82) is 0 Å². The maximum Gasteiger partial charge on any atom is 0.274 e. The van der Waals surface area contributed by atoms with Crippen molar-refractivity contribution >= 4 is 10.8 Å². The molecule has 2 aromatic rings. The molecule has 1 aromatic carbocycles. The number of benzene rings is 1. The second-order valence-corrected chi connectivity index (χ2v) is 4.76. The van der Waals surface area contributed by atoms with Crippen LogP contribution in [0.2, 0.25) is 0 Å². The summed E-state index contributed by atoms with van der Waals surface area (Å²) < 4.78 is 1.43. The first-order valence-corrected chi connectivity index (χ1v) is 5.80. The Morgan fingerprint density at radius 3 is 1.82 bits per heavy atom. The summed E-state index contributed by atoms with van der Waals surface area (Å²) in [5, 5.41) is 6.12. The Bertz CT molecular complexity index is 681. The molecule has 0 unspecified atom stereocenters. The van der Waals surface area contributed by atoms with E-state index < -0.39 is 0 Å². The highest BCUT2D eigenvalue weighted by atomic mass is 16.1. The van der Waals surface area contributed by atoms with Gasteiger partial charge < -0.3 is 0 Å². The molecular weight excluding hydrogens is 212 g/mol. The molecule has 0 N–H and O–H groups in total. The van der Waals surface area contributed by atoms with Gasteiger partial charge in [0, 0.05) is 12.4 Å². The molecule has 1 heterocycles. The molecule has 0 saturated heterocycles. The van der Waals surface area contributed by atoms with Gasteiger partial charge in [0.1, 0.15) is 0 Å². The molecule has 0 atom stereocenters. The van der Waals surface area contributed by atoms with Gasteiger partial charge in [-0.05, 0) is 56.9 Å². The van der Waals surface area contributed by atoms with Gasteiger partial charge in [0.25, 0.3) is 5.56 Å². The van der Waals surface area contributed by atoms with Crippen LogP contribution in [0.15, 0.2) is 4.79 Å². The van der Waals surface area contributed by atoms with E-state index in [-0.39, 0.29) is 5.56 Å². The number of rotatable bonds is 0. The van der Waals surface area contributed by atoms with Gasteiger partial charge in [-0.15, -0.1) is 0 Å². The van der Waals surface area contributed by atoms with E-state index in [0.717, 1.165) is 22.0 Å². The fourth-order valence-electron chi connectivity index (χ4n) is 2.51. The minimum atomic E-state index is -0.00528. The predicted octanol–water partition coefficient (Wildman–Crippen LogP) is 2.48. The second-order valence-electron chi connectivity index (χ2n) is 4.76. The van der Waals surface area contributed by atoms with Crippen molar-refractivity contribution in [3.8, 4) is 0 Å². The molecular formula is C14H18N2O. The summed E-state index contributed by atoms with van der Waals surface area (Å²) in [4.78, 5) is 12.2. The van der Waals surface area contributed by atoms with Crippen molar-refractivity contribution in [2.45, 2.75) is 34.6 Å². The zero-order valence-electron chi connectivity index (χ0n) is 11.3. The molecule has 0 aliphatic rings. The monoisotopic (exact) mass is 230 g/mol. The van der Waals surface area contributed by atoms with Gasteiger partial charge >= 0.3 is 0 Å². The van der Waals surface area contributed by atoms with Crippen LogP contribution in [-0.4, -0.2) is 9.78 Å². The number of hydrogen-bond donors (Lipinski definition) is 0. The average Bonchev–Trinajstić information content (AvgIpc) is 2.28. The molecule has 17 heavy (non-hydrogen) atoms. The molecule has 0 saturated carbocycles. The summed E-state index contributed by atoms with van der Waals surface area (Å²) in [7, 11) is 1.71. The topological polar surface area (TPSA) is 34.9 Å². The Hall–Kier alpha value is -1.64. The molecule has 0 bridgehead atoms. The van der Waals surface area contributed by atoms with E-state index in [0.29, 0.717) is 0 Å². The zero-order valence-corrected chi connectivity index (χ0v) is 11.3. The average molecular weight is 230 g/mol. The fourth-order valence-corrected chi connectivity index (χ4v) is 2.51. The number of hydrogen-bond acceptors (Lipinski definition) is 2. The highest BCUT2D eigenvalue weighted by molar-refractivity contribution is 5.91. The minimum Gasteiger partial charge on any atom is -0.267 e. The molecule has 2 rings (SSSR count). The van der Waals surface area contributed by atoms with Crippen LogP contribution in [0.25, 0.3) is 10.8 Å². The number of aryl methyl sites for hydroxylation is 4. The summed E-state index contributed by atoms with van der Waals surface area (Å²) >= 11 is 0. The highest BCUT2D eigenvalue weighted by Gasteiger charge is 2.15. The SMILES string of the molecule is Cc1c(C)c(C)c2c(=O)n(C)nc(C)c2c1C. The molecule has 0 aliphatic heterocycles. The van der Waals surface area contributed by atoms with Crippen LogP contribution in [-0.2, 0) is 7.05 Å². The molecule has 3 heteroatoms. The molecule has 3 nitrogen and oxygen atoms in total. The second kappa shape index (κ2) is 3.69. The molecule has 0 amide bonds. The van der Waals surface area contributed by atoms with Crippen molar-refractivity contribution in [3.63, 3.8) is 0 Å². The van der Waals surface area contributed by atoms with Gasteiger partial charge in [-0.3, -0.25) is 4.79 Å². The van der Waals surface area contributed by atoms with Crippen LogP contribution in [0.5, 0.6) is 0 Å². The Morgan fingerprint density at radius 1 is 0.824 bits per heavy atom. The normalized spacial score (nSPS) is 11.2. The smallest absolute Gasteiger partial charge is 0.267 e. The Kier molecular flexibility index (Phi) is 2.57. The number of aromatic nitrogens is 2. The van der Waals surface area contributed by atoms with Crippen molar-refractivity contribution < 1.29 is 0 Å². The van der Waals surface area contributed by atoms with Crippen molar-refractivity contribution in [3.05, 3.63) is 38.3 Å². The van der Waals surface area contributed by atoms with E-state index in [2.05, 4.69) is 25.9 Å². The lowest BCUT2D eigenvalue weighted by atomic mass is 9.92. The first-order valence-electron chi connectivity index (χ1n) is 5.80. The molecule has 0 aliphatic carbocycles. The summed E-state index contributed by atoms with van der Waals surface area (Å²) in [5.41, 5.74) is 5.63. The van der Waals surface area contributed by atoms with Gasteiger partial charge in [-0.25, -0.2) is 4.68 Å². The van der Waals surface area contributed by atoms with Gasteiger partial charge in [0.15, 0.2) is 0 Å². The highest BCUT2D eigenvalue weighted by Crippen LogP contribution is 2.27. The molecule has 0 radical (unpaired) electrons. The maximum absolute atomic E-state index is 12.2. The van der Waals surface area contributed by atoms with Gasteiger partial charge in [-0.2, -0.15) is 5.10 Å². The van der Waals surface area contributed by atoms with E-state index in [1.807, 2.05) is 13.8 Å². The van der Waals surface area contributed by atoms with E-state index in [4.69, 9.17) is 0 Å². The number of nitrogens with zero attached hydrogens (tertiary/aromatic N) is 2. The lowest BCUT2D eigenvalue weighted by molar-refractivity contribution is 0.703. The first kappa shape index (κ1) is 11.8. The van der Waals surface area contributed by atoms with Crippen LogP contribution in [0.3, 0.4) is 0 Å². The molecule has 0 fully saturated rings. The van der Waals surface area contributed by atoms with Crippen molar-refractivity contribution in [1.82, 2.24) is 9.78 Å². The van der Waals surface area contributed by atoms with Crippen LogP contribution in [0, 0.1) is 34.6 Å². The summed E-state index contributed by atoms with van der Waals surface area (Å²) in [6.07, 6.45) is 0. The van der Waals surface area contributed by atoms with E-state index >= 15 is 0 Å². The first-order chi connectivity index (χ1) is 7.86. The molecule has 90 valence electrons. The van der Waals surface area contributed by atoms with E-state index in [1.54, 1.807) is 7.05 Å². The van der Waals surface area contributed by atoms with Crippen LogP contribution in [0.4, 0.5) is 0 Å². The van der Waals surface area contributed by atoms with Gasteiger partial charge in [0.2, 0.25) is 0 Å². The van der Waals surface area contributed by atoms with E-state index in [1.165, 1.54) is 21.4 Å². The van der Waals surface area contributed by atoms with Gasteiger partial charge in [-0.1, -0.05) is 0 Å². The number of fused-ring (bicyclic) bond motifs is 1. The van der Waals surface area contributed by atoms with E-state index in [9.17, 15) is 4.79 Å². The molecule has 0 spiro atoms. The van der Waals surface area contributed by atoms with Crippen molar-refractivity contribution in [2.24, 2.45) is 7.05 Å². The Labute approximate surface area is 101 Å². The third-order valence-corrected chi connectivity index (χ3v) is 3.86. The lowest BCUT2D eigenvalue weighted by Gasteiger charge is -2.15. The van der Waals surface area contributed by atoms with Crippen LogP contribution < -0.4 is 5.56 Å². The summed E-state index contributed by atoms with van der Waals surface area (Å²) in [6, 6.07) is 0. The Balaban J connectivity index is 3.23. The fraction of sp³-hybridized carbons (Fsp3) is 0.429. The Morgan fingerprint density at radius 2 is 1.29 bits per heavy atom. The quantitative estimate of drug-likeness (QED) is 0.697. The van der Waals surface area contributed by atoms with Crippen LogP contribution >= 0.6 is 0 Å². The standard InChI is InChI=1S/C14H18N2O/c1-7-8(2)10(4)13-12(9(7)3)11(5)15-16(6)14(13)17/h1-6H3. The van der Waals surface area contributed by atoms with Crippen LogP contribution in [0.1, 0.15) is 27.9 Å². The predicted molar refractivity (Wildman–Crippen MR) is 70.7 cm³/mol. The van der Waals surface area contributed by atoms with Gasteiger partial charge in [0.05, 0.1) is 11.1 Å². The van der Waals surface area contributed by atoms with Crippen molar-refractivity contribution in [2.75, 3.05) is 0 Å². The maximum atomic E-state index is 12.2. The molecule has 1 aromatic heterocycles. The summed E-state index contributed by atoms with van der Waals surface area (Å²) in [6.45, 7) is 10.2. The third-order valence-electron chi connectivity index (χ3n) is 3.86.